The molecule has 0 bridgehead atoms. The molecule has 3 rings (SSSR count). The van der Waals surface area contributed by atoms with Crippen molar-refractivity contribution in [3.8, 4) is 28.5 Å². The number of nitrogen functional groups attached to an aromatic ring is 1. The van der Waals surface area contributed by atoms with Crippen LogP contribution < -0.4 is 5.73 Å². The number of hydrogen-bond acceptors (Lipinski definition) is 3. The van der Waals surface area contributed by atoms with Crippen molar-refractivity contribution in [3.63, 3.8) is 0 Å². The monoisotopic (exact) mass is 427 g/mol. The zero-order chi connectivity index (χ0) is 16.4. The number of aromatic nitrogens is 1. The van der Waals surface area contributed by atoms with Gasteiger partial charge in [0, 0.05) is 20.1 Å². The molecule has 3 nitrogen and oxygen atoms in total. The van der Waals surface area contributed by atoms with Crippen LogP contribution in [-0.4, -0.2) is 4.98 Å². The molecule has 3 aromatic rings. The maximum absolute atomic E-state index is 9.47. The summed E-state index contributed by atoms with van der Waals surface area (Å²) in [7, 11) is 0. The molecule has 2 N–H and O–H groups in total. The molecule has 0 aliphatic carbocycles. The topological polar surface area (TPSA) is 62.7 Å². The maximum Gasteiger partial charge on any atom is 0.142 e. The van der Waals surface area contributed by atoms with Gasteiger partial charge in [0.15, 0.2) is 0 Å². The molecule has 0 atom stereocenters. The minimum Gasteiger partial charge on any atom is -0.383 e. The van der Waals surface area contributed by atoms with Crippen LogP contribution in [0.3, 0.4) is 0 Å². The molecule has 0 aliphatic heterocycles. The summed E-state index contributed by atoms with van der Waals surface area (Å²) in [5, 5.41) is 9.47. The van der Waals surface area contributed by atoms with E-state index in [1.807, 2.05) is 54.6 Å². The van der Waals surface area contributed by atoms with Gasteiger partial charge in [-0.25, -0.2) is 4.98 Å². The minimum atomic E-state index is 0.228. The number of hydrogen-bond donors (Lipinski definition) is 1. The van der Waals surface area contributed by atoms with Crippen molar-refractivity contribution in [1.82, 2.24) is 4.98 Å². The molecular weight excluding hydrogens is 418 g/mol. The Morgan fingerprint density at radius 1 is 0.870 bits per heavy atom. The number of rotatable bonds is 2. The summed E-state index contributed by atoms with van der Waals surface area (Å²) in [6.07, 6.45) is 0. The van der Waals surface area contributed by atoms with Crippen LogP contribution in [0, 0.1) is 11.3 Å². The highest BCUT2D eigenvalue weighted by atomic mass is 79.9. The normalized spacial score (nSPS) is 10.3. The maximum atomic E-state index is 9.47. The first kappa shape index (κ1) is 15.7. The van der Waals surface area contributed by atoms with Gasteiger partial charge >= 0.3 is 0 Å². The average Bonchev–Trinajstić information content (AvgIpc) is 2.55. The van der Waals surface area contributed by atoms with Crippen LogP contribution in [0.4, 0.5) is 5.82 Å². The number of nitrogens with two attached hydrogens (primary N) is 1. The van der Waals surface area contributed by atoms with Gasteiger partial charge in [-0.05, 0) is 23.8 Å². The lowest BCUT2D eigenvalue weighted by atomic mass is 9.98. The summed E-state index contributed by atoms with van der Waals surface area (Å²) in [4.78, 5) is 4.40. The summed E-state index contributed by atoms with van der Waals surface area (Å²) in [6, 6.07) is 19.6. The van der Waals surface area contributed by atoms with Gasteiger partial charge < -0.3 is 5.73 Å². The summed E-state index contributed by atoms with van der Waals surface area (Å²) < 4.78 is 1.83. The Kier molecular flexibility index (Phi) is 4.46. The molecule has 23 heavy (non-hydrogen) atoms. The third-order valence-corrected chi connectivity index (χ3v) is 4.86. The first-order valence-corrected chi connectivity index (χ1v) is 8.41. The molecule has 1 heterocycles. The molecule has 0 spiro atoms. The summed E-state index contributed by atoms with van der Waals surface area (Å²) in [5.41, 5.74) is 9.75. The summed E-state index contributed by atoms with van der Waals surface area (Å²) >= 11 is 7.07. The number of anilines is 1. The van der Waals surface area contributed by atoms with E-state index in [1.165, 1.54) is 0 Å². The van der Waals surface area contributed by atoms with E-state index in [-0.39, 0.29) is 5.82 Å². The van der Waals surface area contributed by atoms with Crippen LogP contribution in [0.5, 0.6) is 0 Å². The van der Waals surface area contributed by atoms with Crippen LogP contribution in [0.15, 0.2) is 63.5 Å². The van der Waals surface area contributed by atoms with E-state index >= 15 is 0 Å². The Labute approximate surface area is 151 Å². The predicted octanol–water partition coefficient (Wildman–Crippen LogP) is 5.39. The number of nitrogens with zero attached hydrogens (tertiary/aromatic N) is 2. The lowest BCUT2D eigenvalue weighted by Gasteiger charge is -2.12. The Morgan fingerprint density at radius 2 is 1.43 bits per heavy atom. The molecule has 5 heteroatoms. The summed E-state index contributed by atoms with van der Waals surface area (Å²) in [6.45, 7) is 0. The Hall–Kier alpha value is -2.16. The molecule has 0 amide bonds. The second-order valence-electron chi connectivity index (χ2n) is 4.89. The van der Waals surface area contributed by atoms with E-state index in [1.54, 1.807) is 0 Å². The SMILES string of the molecule is N#Cc1c(-c2ccccc2Br)cc(-c2ccccc2Br)nc1N. The lowest BCUT2D eigenvalue weighted by Crippen LogP contribution is -2.00. The fourth-order valence-corrected chi connectivity index (χ4v) is 3.37. The standard InChI is InChI=1S/C18H11Br2N3/c19-15-7-3-1-5-11(15)13-9-17(23-18(22)14(13)10-21)12-6-2-4-8-16(12)20/h1-9H,(H2,22,23). The Balaban J connectivity index is 2.30. The van der Waals surface area contributed by atoms with E-state index < -0.39 is 0 Å². The number of nitriles is 1. The molecule has 0 saturated carbocycles. The molecule has 112 valence electrons. The number of pyridine rings is 1. The highest BCUT2D eigenvalue weighted by molar-refractivity contribution is 9.11. The number of halogens is 2. The molecular formula is C18H11Br2N3. The highest BCUT2D eigenvalue weighted by Gasteiger charge is 2.16. The van der Waals surface area contributed by atoms with Crippen molar-refractivity contribution in [2.75, 3.05) is 5.73 Å². The van der Waals surface area contributed by atoms with Crippen LogP contribution in [-0.2, 0) is 0 Å². The molecule has 1 aromatic heterocycles. The second-order valence-corrected chi connectivity index (χ2v) is 6.60. The van der Waals surface area contributed by atoms with Crippen LogP contribution in [0.25, 0.3) is 22.4 Å². The second kappa shape index (κ2) is 6.53. The summed E-state index contributed by atoms with van der Waals surface area (Å²) in [5.74, 6) is 0.228. The van der Waals surface area contributed by atoms with E-state index in [4.69, 9.17) is 5.73 Å². The highest BCUT2D eigenvalue weighted by Crippen LogP contribution is 2.36. The average molecular weight is 429 g/mol. The van der Waals surface area contributed by atoms with Crippen molar-refractivity contribution in [2.45, 2.75) is 0 Å². The lowest BCUT2D eigenvalue weighted by molar-refractivity contribution is 1.30. The van der Waals surface area contributed by atoms with Gasteiger partial charge in [-0.1, -0.05) is 68.3 Å². The predicted molar refractivity (Wildman–Crippen MR) is 99.6 cm³/mol. The molecule has 0 radical (unpaired) electrons. The van der Waals surface area contributed by atoms with Gasteiger partial charge in [0.1, 0.15) is 17.5 Å². The number of benzene rings is 2. The van der Waals surface area contributed by atoms with Gasteiger partial charge in [-0.3, -0.25) is 0 Å². The van der Waals surface area contributed by atoms with Crippen molar-refractivity contribution in [1.29, 1.82) is 5.26 Å². The Bertz CT molecular complexity index is 930. The largest absolute Gasteiger partial charge is 0.383 e. The molecule has 0 unspecified atom stereocenters. The van der Waals surface area contributed by atoms with Gasteiger partial charge in [0.25, 0.3) is 0 Å². The molecule has 0 fully saturated rings. The third kappa shape index (κ3) is 3.00. The van der Waals surface area contributed by atoms with Crippen molar-refractivity contribution in [2.24, 2.45) is 0 Å². The van der Waals surface area contributed by atoms with Crippen LogP contribution in [0.1, 0.15) is 5.56 Å². The van der Waals surface area contributed by atoms with Crippen LogP contribution in [0.2, 0.25) is 0 Å². The van der Waals surface area contributed by atoms with E-state index in [0.717, 1.165) is 31.3 Å². The van der Waals surface area contributed by atoms with Gasteiger partial charge in [0.05, 0.1) is 5.69 Å². The van der Waals surface area contributed by atoms with Crippen molar-refractivity contribution >= 4 is 37.7 Å². The van der Waals surface area contributed by atoms with Crippen molar-refractivity contribution in [3.05, 3.63) is 69.1 Å². The van der Waals surface area contributed by atoms with Crippen molar-refractivity contribution < 1.29 is 0 Å². The molecule has 0 saturated heterocycles. The van der Waals surface area contributed by atoms with Gasteiger partial charge in [0.2, 0.25) is 0 Å². The molecule has 2 aromatic carbocycles. The van der Waals surface area contributed by atoms with E-state index in [0.29, 0.717) is 5.56 Å². The fourth-order valence-electron chi connectivity index (χ4n) is 2.38. The van der Waals surface area contributed by atoms with E-state index in [2.05, 4.69) is 42.9 Å². The third-order valence-electron chi connectivity index (χ3n) is 3.47. The zero-order valence-corrected chi connectivity index (χ0v) is 15.1. The van der Waals surface area contributed by atoms with Crippen LogP contribution >= 0.6 is 31.9 Å². The van der Waals surface area contributed by atoms with Gasteiger partial charge in [-0.15, -0.1) is 0 Å². The fraction of sp³-hybridized carbons (Fsp3) is 0. The first-order valence-electron chi connectivity index (χ1n) is 6.82. The molecule has 0 aliphatic rings. The van der Waals surface area contributed by atoms with Gasteiger partial charge in [-0.2, -0.15) is 5.26 Å². The Morgan fingerprint density at radius 3 is 2.00 bits per heavy atom. The smallest absolute Gasteiger partial charge is 0.142 e. The zero-order valence-electron chi connectivity index (χ0n) is 11.9. The first-order chi connectivity index (χ1) is 11.1. The quantitative estimate of drug-likeness (QED) is 0.594. The van der Waals surface area contributed by atoms with E-state index in [9.17, 15) is 5.26 Å². The minimum absolute atomic E-state index is 0.228.